The molecule has 0 saturated heterocycles. The van der Waals surface area contributed by atoms with Crippen molar-refractivity contribution in [2.45, 2.75) is 58.0 Å². The van der Waals surface area contributed by atoms with Crippen LogP contribution in [0.4, 0.5) is 0 Å². The molecule has 1 N–H and O–H groups in total. The van der Waals surface area contributed by atoms with Crippen molar-refractivity contribution in [2.24, 2.45) is 5.92 Å². The van der Waals surface area contributed by atoms with E-state index in [9.17, 15) is 5.11 Å². The van der Waals surface area contributed by atoms with Gasteiger partial charge in [-0.1, -0.05) is 26.0 Å². The van der Waals surface area contributed by atoms with E-state index >= 15 is 0 Å². The Morgan fingerprint density at radius 2 is 1.89 bits per heavy atom. The number of hydrogen-bond acceptors (Lipinski definition) is 2. The predicted molar refractivity (Wildman–Crippen MR) is 78.8 cm³/mol. The molecule has 1 aromatic carbocycles. The van der Waals surface area contributed by atoms with E-state index in [1.165, 1.54) is 11.1 Å². The Labute approximate surface area is 116 Å². The van der Waals surface area contributed by atoms with Crippen molar-refractivity contribution >= 4 is 0 Å². The molecular formula is C17H26O2. The second-order valence-corrected chi connectivity index (χ2v) is 6.10. The largest absolute Gasteiger partial charge is 0.496 e. The van der Waals surface area contributed by atoms with Crippen LogP contribution in [-0.2, 0) is 6.42 Å². The molecule has 0 radical (unpaired) electrons. The minimum Gasteiger partial charge on any atom is -0.496 e. The van der Waals surface area contributed by atoms with Gasteiger partial charge in [0.05, 0.1) is 13.2 Å². The van der Waals surface area contributed by atoms with E-state index in [2.05, 4.69) is 32.0 Å². The summed E-state index contributed by atoms with van der Waals surface area (Å²) in [6.45, 7) is 4.45. The van der Waals surface area contributed by atoms with Gasteiger partial charge in [0.2, 0.25) is 0 Å². The Morgan fingerprint density at radius 1 is 1.21 bits per heavy atom. The third-order valence-electron chi connectivity index (χ3n) is 4.30. The normalized spacial score (nSPS) is 23.6. The summed E-state index contributed by atoms with van der Waals surface area (Å²) in [4.78, 5) is 0. The molecule has 0 aromatic heterocycles. The molecule has 1 saturated carbocycles. The summed E-state index contributed by atoms with van der Waals surface area (Å²) in [5.74, 6) is 2.26. The average Bonchev–Trinajstić information content (AvgIpc) is 2.41. The maximum Gasteiger partial charge on any atom is 0.122 e. The van der Waals surface area contributed by atoms with Gasteiger partial charge in [-0.3, -0.25) is 0 Å². The Hall–Kier alpha value is -1.02. The number of ether oxygens (including phenoxy) is 1. The van der Waals surface area contributed by atoms with E-state index in [1.54, 1.807) is 7.11 Å². The van der Waals surface area contributed by atoms with E-state index in [0.717, 1.165) is 37.9 Å². The monoisotopic (exact) mass is 262 g/mol. The van der Waals surface area contributed by atoms with Crippen molar-refractivity contribution in [3.8, 4) is 5.75 Å². The van der Waals surface area contributed by atoms with Gasteiger partial charge in [0.1, 0.15) is 5.75 Å². The highest BCUT2D eigenvalue weighted by atomic mass is 16.5. The minimum absolute atomic E-state index is 0.0693. The minimum atomic E-state index is -0.0693. The first-order valence-corrected chi connectivity index (χ1v) is 7.45. The second kappa shape index (κ2) is 6.42. The molecule has 1 aliphatic rings. The first kappa shape index (κ1) is 14.4. The Bertz CT molecular complexity index is 404. The zero-order chi connectivity index (χ0) is 13.8. The average molecular weight is 262 g/mol. The maximum absolute atomic E-state index is 9.59. The first-order chi connectivity index (χ1) is 9.10. The summed E-state index contributed by atoms with van der Waals surface area (Å²) in [6.07, 6.45) is 5.19. The van der Waals surface area contributed by atoms with Gasteiger partial charge < -0.3 is 9.84 Å². The second-order valence-electron chi connectivity index (χ2n) is 6.10. The molecule has 0 unspecified atom stereocenters. The van der Waals surface area contributed by atoms with Gasteiger partial charge in [-0.15, -0.1) is 0 Å². The van der Waals surface area contributed by atoms with Crippen molar-refractivity contribution in [1.29, 1.82) is 0 Å². The Morgan fingerprint density at radius 3 is 2.47 bits per heavy atom. The molecule has 0 spiro atoms. The predicted octanol–water partition coefficient (Wildman–Crippen LogP) is 3.91. The number of hydrogen-bond donors (Lipinski definition) is 1. The lowest BCUT2D eigenvalue weighted by Gasteiger charge is -2.26. The fraction of sp³-hybridized carbons (Fsp3) is 0.647. The molecule has 2 rings (SSSR count). The molecule has 19 heavy (non-hydrogen) atoms. The summed E-state index contributed by atoms with van der Waals surface area (Å²) in [6, 6.07) is 6.56. The molecule has 2 heteroatoms. The third kappa shape index (κ3) is 3.73. The van der Waals surface area contributed by atoms with E-state index in [-0.39, 0.29) is 6.10 Å². The quantitative estimate of drug-likeness (QED) is 0.891. The lowest BCUT2D eigenvalue weighted by molar-refractivity contribution is 0.108. The molecule has 2 nitrogen and oxygen atoms in total. The zero-order valence-electron chi connectivity index (χ0n) is 12.4. The molecule has 1 aliphatic carbocycles. The number of methoxy groups -OCH3 is 1. The lowest BCUT2D eigenvalue weighted by atomic mass is 9.83. The fourth-order valence-electron chi connectivity index (χ4n) is 2.98. The number of benzene rings is 1. The highest BCUT2D eigenvalue weighted by molar-refractivity contribution is 5.38. The van der Waals surface area contributed by atoms with E-state index in [0.29, 0.717) is 11.8 Å². The van der Waals surface area contributed by atoms with Crippen molar-refractivity contribution in [3.05, 3.63) is 29.3 Å². The van der Waals surface area contributed by atoms with Crippen LogP contribution in [0.25, 0.3) is 0 Å². The topological polar surface area (TPSA) is 29.5 Å². The molecule has 106 valence electrons. The molecule has 1 fully saturated rings. The van der Waals surface area contributed by atoms with Gasteiger partial charge >= 0.3 is 0 Å². The molecular weight excluding hydrogens is 236 g/mol. The molecule has 0 aliphatic heterocycles. The lowest BCUT2D eigenvalue weighted by Crippen LogP contribution is -2.19. The molecule has 0 heterocycles. The number of rotatable bonds is 4. The van der Waals surface area contributed by atoms with Gasteiger partial charge in [-0.25, -0.2) is 0 Å². The number of aliphatic hydroxyl groups is 1. The summed E-state index contributed by atoms with van der Waals surface area (Å²) < 4.78 is 5.49. The Kier molecular flexibility index (Phi) is 4.87. The van der Waals surface area contributed by atoms with Crippen molar-refractivity contribution < 1.29 is 9.84 Å². The van der Waals surface area contributed by atoms with Crippen LogP contribution < -0.4 is 4.74 Å². The third-order valence-corrected chi connectivity index (χ3v) is 4.30. The van der Waals surface area contributed by atoms with E-state index in [4.69, 9.17) is 4.74 Å². The fourth-order valence-corrected chi connectivity index (χ4v) is 2.98. The van der Waals surface area contributed by atoms with Crippen LogP contribution in [0.1, 0.15) is 56.6 Å². The molecule has 0 bridgehead atoms. The van der Waals surface area contributed by atoms with Gasteiger partial charge in [0.15, 0.2) is 0 Å². The van der Waals surface area contributed by atoms with Crippen LogP contribution in [0.15, 0.2) is 18.2 Å². The maximum atomic E-state index is 9.59. The van der Waals surface area contributed by atoms with Crippen LogP contribution in [-0.4, -0.2) is 18.3 Å². The van der Waals surface area contributed by atoms with E-state index in [1.807, 2.05) is 0 Å². The standard InChI is InChI=1S/C17H26O2/c1-12(2)14-6-9-17(19-3)15(11-14)10-13-4-7-16(18)8-5-13/h6,9,11-13,16,18H,4-5,7-8,10H2,1-3H3. The zero-order valence-corrected chi connectivity index (χ0v) is 12.4. The SMILES string of the molecule is COc1ccc(C(C)C)cc1CC1CCC(O)CC1. The van der Waals surface area contributed by atoms with Crippen LogP contribution in [0.2, 0.25) is 0 Å². The van der Waals surface area contributed by atoms with Gasteiger partial charge in [0, 0.05) is 0 Å². The smallest absolute Gasteiger partial charge is 0.122 e. The Balaban J connectivity index is 2.11. The van der Waals surface area contributed by atoms with Crippen LogP contribution >= 0.6 is 0 Å². The molecule has 1 aromatic rings. The first-order valence-electron chi connectivity index (χ1n) is 7.45. The molecule has 0 amide bonds. The number of aliphatic hydroxyl groups excluding tert-OH is 1. The summed E-state index contributed by atoms with van der Waals surface area (Å²) in [7, 11) is 1.75. The highest BCUT2D eigenvalue weighted by Crippen LogP contribution is 2.32. The van der Waals surface area contributed by atoms with Gasteiger partial charge in [0.25, 0.3) is 0 Å². The summed E-state index contributed by atoms with van der Waals surface area (Å²) in [5.41, 5.74) is 2.71. The van der Waals surface area contributed by atoms with E-state index < -0.39 is 0 Å². The highest BCUT2D eigenvalue weighted by Gasteiger charge is 2.21. The van der Waals surface area contributed by atoms with Crippen LogP contribution in [0.5, 0.6) is 5.75 Å². The van der Waals surface area contributed by atoms with Crippen LogP contribution in [0, 0.1) is 5.92 Å². The van der Waals surface area contributed by atoms with Gasteiger partial charge in [-0.05, 0) is 61.1 Å². The summed E-state index contributed by atoms with van der Waals surface area (Å²) in [5, 5.41) is 9.59. The summed E-state index contributed by atoms with van der Waals surface area (Å²) >= 11 is 0. The van der Waals surface area contributed by atoms with Crippen LogP contribution in [0.3, 0.4) is 0 Å². The van der Waals surface area contributed by atoms with Gasteiger partial charge in [-0.2, -0.15) is 0 Å². The van der Waals surface area contributed by atoms with Crippen molar-refractivity contribution in [3.63, 3.8) is 0 Å². The van der Waals surface area contributed by atoms with Crippen molar-refractivity contribution in [1.82, 2.24) is 0 Å². The molecule has 0 atom stereocenters. The van der Waals surface area contributed by atoms with Crippen molar-refractivity contribution in [2.75, 3.05) is 7.11 Å².